The van der Waals surface area contributed by atoms with Crippen LogP contribution >= 0.6 is 11.9 Å². The lowest BCUT2D eigenvalue weighted by Crippen LogP contribution is -2.19. The van der Waals surface area contributed by atoms with E-state index in [1.807, 2.05) is 26.8 Å². The molecule has 1 aromatic carbocycles. The Balaban J connectivity index is 1.69. The largest absolute Gasteiger partial charge is 0.372 e. The Hall–Kier alpha value is -3.44. The minimum absolute atomic E-state index is 0.150. The van der Waals surface area contributed by atoms with Gasteiger partial charge in [0.2, 0.25) is 5.95 Å². The second-order valence-corrected chi connectivity index (χ2v) is 8.89. The topological polar surface area (TPSA) is 90.6 Å². The zero-order valence-electron chi connectivity index (χ0n) is 19.0. The Bertz CT molecular complexity index is 1260. The fourth-order valence-electron chi connectivity index (χ4n) is 3.39. The van der Waals surface area contributed by atoms with Gasteiger partial charge in [0.25, 0.3) is 0 Å². The summed E-state index contributed by atoms with van der Waals surface area (Å²) in [6.07, 6.45) is 6.27. The Morgan fingerprint density at radius 1 is 1.00 bits per heavy atom. The molecule has 0 bridgehead atoms. The van der Waals surface area contributed by atoms with E-state index in [4.69, 9.17) is 4.74 Å². The molecule has 1 N–H and O–H groups in total. The smallest absolute Gasteiger partial charge is 0.239 e. The predicted molar refractivity (Wildman–Crippen MR) is 126 cm³/mol. The molecule has 3 heterocycles. The number of ether oxygens (including phenoxy) is 1. The molecule has 0 saturated carbocycles. The van der Waals surface area contributed by atoms with E-state index in [-0.39, 0.29) is 22.7 Å². The van der Waals surface area contributed by atoms with E-state index in [0.29, 0.717) is 11.4 Å². The molecule has 176 valence electrons. The molecule has 0 spiro atoms. The van der Waals surface area contributed by atoms with Crippen LogP contribution in [0.25, 0.3) is 17.1 Å². The van der Waals surface area contributed by atoms with Gasteiger partial charge in [0.05, 0.1) is 5.25 Å². The monoisotopic (exact) mass is 483 g/mol. The third-order valence-corrected chi connectivity index (χ3v) is 5.95. The van der Waals surface area contributed by atoms with Gasteiger partial charge in [-0.05, 0) is 62.0 Å². The second kappa shape index (κ2) is 10.2. The molecule has 2 unspecified atom stereocenters. The number of halogens is 2. The quantitative estimate of drug-likeness (QED) is 0.356. The van der Waals surface area contributed by atoms with Gasteiger partial charge in [-0.2, -0.15) is 0 Å². The zero-order valence-corrected chi connectivity index (χ0v) is 19.8. The number of hydrogen-bond acceptors (Lipinski definition) is 8. The van der Waals surface area contributed by atoms with Crippen LogP contribution in [0.5, 0.6) is 0 Å². The molecule has 0 aliphatic rings. The summed E-state index contributed by atoms with van der Waals surface area (Å²) >= 11 is 1.25. The van der Waals surface area contributed by atoms with Gasteiger partial charge in [-0.3, -0.25) is 14.3 Å². The molecule has 2 atom stereocenters. The van der Waals surface area contributed by atoms with E-state index in [1.165, 1.54) is 34.7 Å². The number of para-hydroxylation sites is 1. The third-order valence-electron chi connectivity index (χ3n) is 5.03. The highest BCUT2D eigenvalue weighted by Gasteiger charge is 2.26. The second-order valence-electron chi connectivity index (χ2n) is 7.70. The van der Waals surface area contributed by atoms with E-state index >= 15 is 0 Å². The first-order chi connectivity index (χ1) is 16.4. The first-order valence-electron chi connectivity index (χ1n) is 10.4. The Morgan fingerprint density at radius 3 is 2.35 bits per heavy atom. The molecule has 0 aliphatic carbocycles. The molecule has 0 radical (unpaired) electrons. The summed E-state index contributed by atoms with van der Waals surface area (Å²) in [6, 6.07) is 5.50. The molecule has 0 aliphatic heterocycles. The Kier molecular flexibility index (Phi) is 7.13. The number of benzene rings is 1. The summed E-state index contributed by atoms with van der Waals surface area (Å²) in [6.45, 7) is 5.70. The number of pyridine rings is 1. The van der Waals surface area contributed by atoms with Crippen LogP contribution in [0.4, 0.5) is 14.7 Å². The van der Waals surface area contributed by atoms with Crippen molar-refractivity contribution in [2.75, 3.05) is 11.8 Å². The van der Waals surface area contributed by atoms with E-state index in [9.17, 15) is 8.78 Å². The lowest BCUT2D eigenvalue weighted by molar-refractivity contribution is 0.0972. The molecule has 0 amide bonds. The number of aryl methyl sites for hydroxylation is 2. The number of nitrogens with one attached hydrogen (secondary N) is 1. The molecule has 8 nitrogen and oxygen atoms in total. The maximum absolute atomic E-state index is 14.8. The summed E-state index contributed by atoms with van der Waals surface area (Å²) in [5.74, 6) is -0.558. The van der Waals surface area contributed by atoms with Gasteiger partial charge in [-0.25, -0.2) is 18.7 Å². The number of anilines is 1. The molecule has 34 heavy (non-hydrogen) atoms. The van der Waals surface area contributed by atoms with Gasteiger partial charge in [0, 0.05) is 37.5 Å². The van der Waals surface area contributed by atoms with Crippen LogP contribution in [0.1, 0.15) is 30.0 Å². The number of rotatable bonds is 8. The molecule has 4 rings (SSSR count). The predicted octanol–water partition coefficient (Wildman–Crippen LogP) is 4.85. The molecule has 0 saturated heterocycles. The van der Waals surface area contributed by atoms with Crippen molar-refractivity contribution in [3.05, 3.63) is 77.6 Å². The van der Waals surface area contributed by atoms with E-state index in [1.54, 1.807) is 31.9 Å². The Morgan fingerprint density at radius 2 is 1.71 bits per heavy atom. The van der Waals surface area contributed by atoms with Crippen LogP contribution in [-0.2, 0) is 4.74 Å². The normalized spacial score (nSPS) is 13.0. The lowest BCUT2D eigenvalue weighted by Gasteiger charge is -2.21. The lowest BCUT2D eigenvalue weighted by atomic mass is 10.2. The van der Waals surface area contributed by atoms with Gasteiger partial charge in [-0.15, -0.1) is 10.2 Å². The Labute approximate surface area is 200 Å². The fraction of sp³-hybridized carbons (Fsp3) is 0.261. The van der Waals surface area contributed by atoms with Crippen molar-refractivity contribution >= 4 is 17.9 Å². The first kappa shape index (κ1) is 23.7. The highest BCUT2D eigenvalue weighted by atomic mass is 32.2. The molecule has 11 heteroatoms. The highest BCUT2D eigenvalue weighted by Crippen LogP contribution is 2.32. The number of aromatic nitrogens is 6. The third kappa shape index (κ3) is 4.90. The summed E-state index contributed by atoms with van der Waals surface area (Å²) in [5, 5.41) is 8.19. The highest BCUT2D eigenvalue weighted by molar-refractivity contribution is 8.01. The van der Waals surface area contributed by atoms with Crippen molar-refractivity contribution in [1.29, 1.82) is 0 Å². The summed E-state index contributed by atoms with van der Waals surface area (Å²) in [4.78, 5) is 12.9. The average molecular weight is 484 g/mol. The SMILES string of the molecule is COC(c1ncc(C)cn1)C(C)SNc1nnc(-c2cncc(C)c2)n1-c1c(F)cccc1F. The van der Waals surface area contributed by atoms with E-state index in [0.717, 1.165) is 11.1 Å². The van der Waals surface area contributed by atoms with Crippen LogP contribution in [0, 0.1) is 25.5 Å². The maximum atomic E-state index is 14.8. The van der Waals surface area contributed by atoms with Gasteiger partial charge in [0.15, 0.2) is 11.6 Å². The van der Waals surface area contributed by atoms with Crippen LogP contribution < -0.4 is 4.72 Å². The molecule has 0 fully saturated rings. The van der Waals surface area contributed by atoms with Crippen LogP contribution in [0.2, 0.25) is 0 Å². The van der Waals surface area contributed by atoms with Crippen molar-refractivity contribution in [3.63, 3.8) is 0 Å². The summed E-state index contributed by atoms with van der Waals surface area (Å²) in [7, 11) is 1.57. The maximum Gasteiger partial charge on any atom is 0.239 e. The standard InChI is InChI=1S/C23H23F2N7OS/c1-13-8-16(12-26-9-13)22-29-30-23(32(22)19-17(24)6-5-7-18(19)25)31-34-15(3)20(33-4)21-27-10-14(2)11-28-21/h5-12,15,20H,1-4H3,(H,30,31). The van der Waals surface area contributed by atoms with Gasteiger partial charge in [-0.1, -0.05) is 6.07 Å². The first-order valence-corrected chi connectivity index (χ1v) is 11.3. The fourth-order valence-corrected chi connectivity index (χ4v) is 4.17. The van der Waals surface area contributed by atoms with Crippen LogP contribution in [0.15, 0.2) is 49.1 Å². The minimum Gasteiger partial charge on any atom is -0.372 e. The van der Waals surface area contributed by atoms with Crippen LogP contribution in [0.3, 0.4) is 0 Å². The van der Waals surface area contributed by atoms with Crippen molar-refractivity contribution < 1.29 is 13.5 Å². The van der Waals surface area contributed by atoms with Gasteiger partial charge < -0.3 is 4.74 Å². The average Bonchev–Trinajstić information content (AvgIpc) is 3.23. The van der Waals surface area contributed by atoms with E-state index < -0.39 is 17.7 Å². The zero-order chi connectivity index (χ0) is 24.2. The van der Waals surface area contributed by atoms with Gasteiger partial charge in [0.1, 0.15) is 23.4 Å². The molecule has 3 aromatic heterocycles. The molecule has 4 aromatic rings. The molecular formula is C23H23F2N7OS. The van der Waals surface area contributed by atoms with Crippen molar-refractivity contribution in [2.45, 2.75) is 32.1 Å². The number of hydrogen-bond donors (Lipinski definition) is 1. The van der Waals surface area contributed by atoms with E-state index in [2.05, 4.69) is 29.9 Å². The van der Waals surface area contributed by atoms with Gasteiger partial charge >= 0.3 is 0 Å². The van der Waals surface area contributed by atoms with Crippen molar-refractivity contribution in [1.82, 2.24) is 29.7 Å². The number of methoxy groups -OCH3 is 1. The van der Waals surface area contributed by atoms with Crippen molar-refractivity contribution in [3.8, 4) is 17.1 Å². The number of nitrogens with zero attached hydrogens (tertiary/aromatic N) is 6. The summed E-state index contributed by atoms with van der Waals surface area (Å²) < 4.78 is 39.6. The van der Waals surface area contributed by atoms with Crippen molar-refractivity contribution in [2.24, 2.45) is 0 Å². The minimum atomic E-state index is -0.745. The summed E-state index contributed by atoms with van der Waals surface area (Å²) in [5.41, 5.74) is 2.10. The molecular weight excluding hydrogens is 460 g/mol. The van der Waals surface area contributed by atoms with Crippen LogP contribution in [-0.4, -0.2) is 42.1 Å².